The molecule has 0 amide bonds. The van der Waals surface area contributed by atoms with Crippen molar-refractivity contribution in [3.05, 3.63) is 59.9 Å². The van der Waals surface area contributed by atoms with Crippen LogP contribution in [-0.2, 0) is 12.0 Å². The highest BCUT2D eigenvalue weighted by molar-refractivity contribution is 5.66. The standard InChI is InChI=1S/C18H20N2O/c1-18(2,3)14-9-7-13(8-10-14)17-15(12-21)20-11-5-4-6-16(20)19-17/h4-11,21H,12H2,1-3H3. The van der Waals surface area contributed by atoms with Gasteiger partial charge in [-0.1, -0.05) is 51.1 Å². The Balaban J connectivity index is 2.12. The first-order valence-electron chi connectivity index (χ1n) is 7.18. The molecule has 0 aliphatic carbocycles. The predicted molar refractivity (Wildman–Crippen MR) is 85.3 cm³/mol. The molecule has 0 atom stereocenters. The average molecular weight is 280 g/mol. The minimum Gasteiger partial charge on any atom is -0.390 e. The SMILES string of the molecule is CC(C)(C)c1ccc(-c2nc3ccccn3c2CO)cc1. The van der Waals surface area contributed by atoms with Crippen LogP contribution in [0.25, 0.3) is 16.9 Å². The van der Waals surface area contributed by atoms with E-state index in [1.165, 1.54) is 5.56 Å². The first kappa shape index (κ1) is 13.8. The number of hydrogen-bond acceptors (Lipinski definition) is 2. The van der Waals surface area contributed by atoms with E-state index in [-0.39, 0.29) is 12.0 Å². The molecule has 0 aliphatic heterocycles. The zero-order valence-electron chi connectivity index (χ0n) is 12.7. The number of pyridine rings is 1. The summed E-state index contributed by atoms with van der Waals surface area (Å²) in [6.45, 7) is 6.58. The molecular weight excluding hydrogens is 260 g/mol. The van der Waals surface area contributed by atoms with Crippen molar-refractivity contribution < 1.29 is 5.11 Å². The minimum atomic E-state index is -0.0263. The Bertz CT molecular complexity index is 764. The molecular formula is C18H20N2O. The van der Waals surface area contributed by atoms with Gasteiger partial charge in [0.2, 0.25) is 0 Å². The Morgan fingerprint density at radius 1 is 1.05 bits per heavy atom. The van der Waals surface area contributed by atoms with Crippen molar-refractivity contribution in [3.8, 4) is 11.3 Å². The molecule has 0 fully saturated rings. The van der Waals surface area contributed by atoms with E-state index in [9.17, 15) is 5.11 Å². The quantitative estimate of drug-likeness (QED) is 0.775. The second-order valence-electron chi connectivity index (χ2n) is 6.32. The Labute approximate surface area is 124 Å². The minimum absolute atomic E-state index is 0.0263. The molecule has 108 valence electrons. The van der Waals surface area contributed by atoms with Crippen molar-refractivity contribution in [2.24, 2.45) is 0 Å². The number of aliphatic hydroxyl groups excluding tert-OH is 1. The van der Waals surface area contributed by atoms with Gasteiger partial charge in [-0.25, -0.2) is 4.98 Å². The first-order chi connectivity index (χ1) is 10.0. The van der Waals surface area contributed by atoms with Gasteiger partial charge in [-0.15, -0.1) is 0 Å². The van der Waals surface area contributed by atoms with E-state index in [1.54, 1.807) is 0 Å². The van der Waals surface area contributed by atoms with Gasteiger partial charge in [-0.2, -0.15) is 0 Å². The lowest BCUT2D eigenvalue weighted by Gasteiger charge is -2.19. The van der Waals surface area contributed by atoms with Gasteiger partial charge in [-0.05, 0) is 23.1 Å². The summed E-state index contributed by atoms with van der Waals surface area (Å²) in [5, 5.41) is 9.69. The van der Waals surface area contributed by atoms with Crippen LogP contribution in [0.2, 0.25) is 0 Å². The number of hydrogen-bond donors (Lipinski definition) is 1. The average Bonchev–Trinajstić information content (AvgIpc) is 2.85. The fourth-order valence-corrected chi connectivity index (χ4v) is 2.56. The maximum atomic E-state index is 9.69. The molecule has 3 nitrogen and oxygen atoms in total. The monoisotopic (exact) mass is 280 g/mol. The number of fused-ring (bicyclic) bond motifs is 1. The van der Waals surface area contributed by atoms with Crippen molar-refractivity contribution in [2.75, 3.05) is 0 Å². The normalized spacial score (nSPS) is 12.0. The maximum Gasteiger partial charge on any atom is 0.137 e. The number of aliphatic hydroxyl groups is 1. The van der Waals surface area contributed by atoms with Gasteiger partial charge in [-0.3, -0.25) is 0 Å². The maximum absolute atomic E-state index is 9.69. The molecule has 2 aromatic heterocycles. The zero-order chi connectivity index (χ0) is 15.0. The fraction of sp³-hybridized carbons (Fsp3) is 0.278. The van der Waals surface area contributed by atoms with Gasteiger partial charge in [0.05, 0.1) is 18.0 Å². The van der Waals surface area contributed by atoms with Crippen LogP contribution in [0.15, 0.2) is 48.7 Å². The molecule has 2 heterocycles. The molecule has 0 saturated heterocycles. The summed E-state index contributed by atoms with van der Waals surface area (Å²) in [5.74, 6) is 0. The number of imidazole rings is 1. The molecule has 0 radical (unpaired) electrons. The first-order valence-corrected chi connectivity index (χ1v) is 7.18. The lowest BCUT2D eigenvalue weighted by atomic mass is 9.86. The van der Waals surface area contributed by atoms with Crippen molar-refractivity contribution in [3.63, 3.8) is 0 Å². The molecule has 1 aromatic carbocycles. The highest BCUT2D eigenvalue weighted by Crippen LogP contribution is 2.28. The fourth-order valence-electron chi connectivity index (χ4n) is 2.56. The molecule has 21 heavy (non-hydrogen) atoms. The van der Waals surface area contributed by atoms with Gasteiger partial charge >= 0.3 is 0 Å². The Morgan fingerprint density at radius 2 is 1.76 bits per heavy atom. The second kappa shape index (κ2) is 5.01. The summed E-state index contributed by atoms with van der Waals surface area (Å²) < 4.78 is 1.94. The molecule has 3 aromatic rings. The van der Waals surface area contributed by atoms with E-state index in [2.05, 4.69) is 50.0 Å². The topological polar surface area (TPSA) is 37.5 Å². The van der Waals surface area contributed by atoms with Crippen LogP contribution >= 0.6 is 0 Å². The Hall–Kier alpha value is -2.13. The van der Waals surface area contributed by atoms with Crippen molar-refractivity contribution in [1.29, 1.82) is 0 Å². The Kier molecular flexibility index (Phi) is 3.30. The van der Waals surface area contributed by atoms with E-state index in [0.717, 1.165) is 22.6 Å². The molecule has 0 aliphatic rings. The number of aromatic nitrogens is 2. The second-order valence-corrected chi connectivity index (χ2v) is 6.32. The third-order valence-electron chi connectivity index (χ3n) is 3.80. The largest absolute Gasteiger partial charge is 0.390 e. The number of nitrogens with zero attached hydrogens (tertiary/aromatic N) is 2. The van der Waals surface area contributed by atoms with Gasteiger partial charge < -0.3 is 9.51 Å². The van der Waals surface area contributed by atoms with E-state index < -0.39 is 0 Å². The third-order valence-corrected chi connectivity index (χ3v) is 3.80. The van der Waals surface area contributed by atoms with E-state index >= 15 is 0 Å². The van der Waals surface area contributed by atoms with Crippen molar-refractivity contribution in [1.82, 2.24) is 9.38 Å². The molecule has 3 rings (SSSR count). The lowest BCUT2D eigenvalue weighted by molar-refractivity contribution is 0.276. The smallest absolute Gasteiger partial charge is 0.137 e. The van der Waals surface area contributed by atoms with E-state index in [0.29, 0.717) is 0 Å². The molecule has 1 N–H and O–H groups in total. The molecule has 0 saturated carbocycles. The summed E-state index contributed by atoms with van der Waals surface area (Å²) in [6.07, 6.45) is 1.93. The van der Waals surface area contributed by atoms with Crippen LogP contribution < -0.4 is 0 Å². The van der Waals surface area contributed by atoms with Crippen LogP contribution in [0.5, 0.6) is 0 Å². The van der Waals surface area contributed by atoms with Gasteiger partial charge in [0, 0.05) is 11.8 Å². The molecule has 3 heteroatoms. The van der Waals surface area contributed by atoms with Crippen LogP contribution in [0.4, 0.5) is 0 Å². The summed E-state index contributed by atoms with van der Waals surface area (Å²) in [4.78, 5) is 4.65. The number of benzene rings is 1. The van der Waals surface area contributed by atoms with Crippen LogP contribution in [-0.4, -0.2) is 14.5 Å². The van der Waals surface area contributed by atoms with E-state index in [1.807, 2.05) is 28.8 Å². The highest BCUT2D eigenvalue weighted by atomic mass is 16.3. The van der Waals surface area contributed by atoms with E-state index in [4.69, 9.17) is 0 Å². The predicted octanol–water partition coefficient (Wildman–Crippen LogP) is 3.79. The molecule has 0 spiro atoms. The Morgan fingerprint density at radius 3 is 2.38 bits per heavy atom. The van der Waals surface area contributed by atoms with Crippen LogP contribution in [0, 0.1) is 0 Å². The van der Waals surface area contributed by atoms with Crippen LogP contribution in [0.1, 0.15) is 32.0 Å². The summed E-state index contributed by atoms with van der Waals surface area (Å²) in [7, 11) is 0. The number of rotatable bonds is 2. The molecule has 0 bridgehead atoms. The van der Waals surface area contributed by atoms with Crippen molar-refractivity contribution in [2.45, 2.75) is 32.8 Å². The third kappa shape index (κ3) is 2.45. The summed E-state index contributed by atoms with van der Waals surface area (Å²) in [5.41, 5.74) is 5.00. The van der Waals surface area contributed by atoms with Gasteiger partial charge in [0.1, 0.15) is 5.65 Å². The van der Waals surface area contributed by atoms with Gasteiger partial charge in [0.25, 0.3) is 0 Å². The highest BCUT2D eigenvalue weighted by Gasteiger charge is 2.16. The summed E-state index contributed by atoms with van der Waals surface area (Å²) in [6, 6.07) is 14.3. The summed E-state index contributed by atoms with van der Waals surface area (Å²) >= 11 is 0. The molecule has 0 unspecified atom stereocenters. The lowest BCUT2D eigenvalue weighted by Crippen LogP contribution is -2.10. The van der Waals surface area contributed by atoms with Crippen molar-refractivity contribution >= 4 is 5.65 Å². The van der Waals surface area contributed by atoms with Crippen LogP contribution in [0.3, 0.4) is 0 Å². The van der Waals surface area contributed by atoms with Gasteiger partial charge in [0.15, 0.2) is 0 Å². The zero-order valence-corrected chi connectivity index (χ0v) is 12.7.